The molecule has 6 heteroatoms. The van der Waals surface area contributed by atoms with Crippen molar-refractivity contribution in [3.63, 3.8) is 0 Å². The monoisotopic (exact) mass is 208 g/mol. The number of rotatable bonds is 1. The van der Waals surface area contributed by atoms with Gasteiger partial charge in [-0.15, -0.1) is 0 Å². The van der Waals surface area contributed by atoms with Gasteiger partial charge in [0.05, 0.1) is 11.4 Å². The Morgan fingerprint density at radius 3 is 2.73 bits per heavy atom. The van der Waals surface area contributed by atoms with Crippen molar-refractivity contribution in [3.05, 3.63) is 11.9 Å². The third-order valence-corrected chi connectivity index (χ3v) is 2.33. The summed E-state index contributed by atoms with van der Waals surface area (Å²) in [7, 11) is 1.80. The van der Waals surface area contributed by atoms with Gasteiger partial charge in [-0.1, -0.05) is 0 Å². The zero-order chi connectivity index (χ0) is 11.0. The summed E-state index contributed by atoms with van der Waals surface area (Å²) in [6.07, 6.45) is 2.10. The number of aromatic nitrogens is 2. The summed E-state index contributed by atoms with van der Waals surface area (Å²) < 4.78 is 1.65. The molecular formula is C9H12N4O2. The first kappa shape index (κ1) is 9.70. The third-order valence-electron chi connectivity index (χ3n) is 2.33. The maximum Gasteiger partial charge on any atom is 0.328 e. The van der Waals surface area contributed by atoms with Gasteiger partial charge in [0.15, 0.2) is 0 Å². The normalized spacial score (nSPS) is 16.8. The van der Waals surface area contributed by atoms with E-state index in [9.17, 15) is 9.59 Å². The molecule has 1 aliphatic rings. The SMILES string of the molecule is Cc1nn(C)cc1N1CCC(=O)NC1=O. The second-order valence-electron chi connectivity index (χ2n) is 3.53. The lowest BCUT2D eigenvalue weighted by atomic mass is 10.2. The molecule has 0 aromatic carbocycles. The number of carbonyl (C=O) groups excluding carboxylic acids is 2. The maximum absolute atomic E-state index is 11.5. The van der Waals surface area contributed by atoms with Crippen LogP contribution in [0.1, 0.15) is 12.1 Å². The summed E-state index contributed by atoms with van der Waals surface area (Å²) in [5.74, 6) is -0.224. The van der Waals surface area contributed by atoms with Crippen LogP contribution in [0.15, 0.2) is 6.20 Å². The van der Waals surface area contributed by atoms with E-state index in [1.54, 1.807) is 17.9 Å². The van der Waals surface area contributed by atoms with E-state index in [2.05, 4.69) is 10.4 Å². The van der Waals surface area contributed by atoms with Crippen molar-refractivity contribution in [2.45, 2.75) is 13.3 Å². The van der Waals surface area contributed by atoms with Gasteiger partial charge in [0, 0.05) is 26.2 Å². The van der Waals surface area contributed by atoms with Crippen LogP contribution in [0.4, 0.5) is 10.5 Å². The number of imide groups is 1. The van der Waals surface area contributed by atoms with E-state index < -0.39 is 0 Å². The zero-order valence-electron chi connectivity index (χ0n) is 8.65. The molecule has 15 heavy (non-hydrogen) atoms. The molecule has 6 nitrogen and oxygen atoms in total. The first-order valence-corrected chi connectivity index (χ1v) is 4.69. The molecule has 1 aromatic heterocycles. The number of nitrogens with one attached hydrogen (secondary N) is 1. The van der Waals surface area contributed by atoms with E-state index in [4.69, 9.17) is 0 Å². The summed E-state index contributed by atoms with van der Waals surface area (Å²) in [4.78, 5) is 24.0. The minimum atomic E-state index is -0.373. The van der Waals surface area contributed by atoms with Crippen molar-refractivity contribution in [3.8, 4) is 0 Å². The van der Waals surface area contributed by atoms with Crippen LogP contribution in [0, 0.1) is 6.92 Å². The predicted octanol–water partition coefficient (Wildman–Crippen LogP) is 0.175. The third kappa shape index (κ3) is 1.70. The summed E-state index contributed by atoms with van der Waals surface area (Å²) in [5.41, 5.74) is 1.53. The fraction of sp³-hybridized carbons (Fsp3) is 0.444. The van der Waals surface area contributed by atoms with Crippen molar-refractivity contribution in [1.29, 1.82) is 0 Å². The largest absolute Gasteiger partial charge is 0.328 e. The van der Waals surface area contributed by atoms with Crippen LogP contribution in [0.5, 0.6) is 0 Å². The van der Waals surface area contributed by atoms with Crippen LogP contribution in [-0.2, 0) is 11.8 Å². The van der Waals surface area contributed by atoms with Crippen LogP contribution in [0.2, 0.25) is 0 Å². The van der Waals surface area contributed by atoms with Gasteiger partial charge in [0.1, 0.15) is 0 Å². The Kier molecular flexibility index (Phi) is 2.18. The van der Waals surface area contributed by atoms with Crippen LogP contribution in [0.3, 0.4) is 0 Å². The molecule has 0 bridgehead atoms. The Morgan fingerprint density at radius 1 is 1.47 bits per heavy atom. The number of hydrogen-bond donors (Lipinski definition) is 1. The second-order valence-corrected chi connectivity index (χ2v) is 3.53. The molecule has 1 fully saturated rings. The highest BCUT2D eigenvalue weighted by molar-refractivity contribution is 6.05. The Morgan fingerprint density at radius 2 is 2.20 bits per heavy atom. The topological polar surface area (TPSA) is 67.2 Å². The minimum absolute atomic E-state index is 0.224. The highest BCUT2D eigenvalue weighted by Gasteiger charge is 2.26. The first-order chi connectivity index (χ1) is 7.08. The van der Waals surface area contributed by atoms with Gasteiger partial charge in [-0.05, 0) is 6.92 Å². The van der Waals surface area contributed by atoms with E-state index in [0.29, 0.717) is 13.0 Å². The molecule has 0 saturated carbocycles. The van der Waals surface area contributed by atoms with E-state index in [-0.39, 0.29) is 11.9 Å². The number of carbonyl (C=O) groups is 2. The summed E-state index contributed by atoms with van der Waals surface area (Å²) in [5, 5.41) is 6.43. The van der Waals surface area contributed by atoms with Crippen molar-refractivity contribution in [1.82, 2.24) is 15.1 Å². The number of urea groups is 1. The molecule has 0 aliphatic carbocycles. The Balaban J connectivity index is 2.27. The number of hydrogen-bond acceptors (Lipinski definition) is 3. The highest BCUT2D eigenvalue weighted by atomic mass is 16.2. The lowest BCUT2D eigenvalue weighted by Gasteiger charge is -2.25. The van der Waals surface area contributed by atoms with Gasteiger partial charge in [-0.2, -0.15) is 5.10 Å². The van der Waals surface area contributed by atoms with Crippen molar-refractivity contribution < 1.29 is 9.59 Å². The minimum Gasteiger partial charge on any atom is -0.290 e. The molecule has 0 radical (unpaired) electrons. The molecule has 2 rings (SSSR count). The van der Waals surface area contributed by atoms with E-state index >= 15 is 0 Å². The average molecular weight is 208 g/mol. The predicted molar refractivity (Wildman–Crippen MR) is 53.4 cm³/mol. The Hall–Kier alpha value is -1.85. The maximum atomic E-state index is 11.5. The highest BCUT2D eigenvalue weighted by Crippen LogP contribution is 2.19. The summed E-state index contributed by atoms with van der Waals surface area (Å²) >= 11 is 0. The summed E-state index contributed by atoms with van der Waals surface area (Å²) in [6, 6.07) is -0.373. The molecule has 0 spiro atoms. The number of anilines is 1. The molecule has 2 heterocycles. The lowest BCUT2D eigenvalue weighted by Crippen LogP contribution is -2.49. The fourth-order valence-corrected chi connectivity index (χ4v) is 1.65. The van der Waals surface area contributed by atoms with Crippen LogP contribution >= 0.6 is 0 Å². The van der Waals surface area contributed by atoms with Crippen molar-refractivity contribution in [2.24, 2.45) is 7.05 Å². The molecule has 3 amide bonds. The Bertz CT molecular complexity index is 424. The smallest absolute Gasteiger partial charge is 0.290 e. The van der Waals surface area contributed by atoms with Gasteiger partial charge in [-0.3, -0.25) is 19.7 Å². The second kappa shape index (κ2) is 3.38. The molecule has 80 valence electrons. The quantitative estimate of drug-likeness (QED) is 0.715. The van der Waals surface area contributed by atoms with E-state index in [1.807, 2.05) is 6.92 Å². The van der Waals surface area contributed by atoms with E-state index in [1.165, 1.54) is 4.90 Å². The van der Waals surface area contributed by atoms with E-state index in [0.717, 1.165) is 11.4 Å². The molecule has 1 aromatic rings. The number of amides is 3. The first-order valence-electron chi connectivity index (χ1n) is 4.69. The lowest BCUT2D eigenvalue weighted by molar-refractivity contribution is -0.120. The standard InChI is InChI=1S/C9H12N4O2/c1-6-7(5-12(2)11-6)13-4-3-8(14)10-9(13)15/h5H,3-4H2,1-2H3,(H,10,14,15). The van der Waals surface area contributed by atoms with Gasteiger partial charge in [0.2, 0.25) is 5.91 Å². The van der Waals surface area contributed by atoms with Crippen molar-refractivity contribution in [2.75, 3.05) is 11.4 Å². The van der Waals surface area contributed by atoms with Gasteiger partial charge in [0.25, 0.3) is 0 Å². The van der Waals surface area contributed by atoms with Crippen LogP contribution in [-0.4, -0.2) is 28.3 Å². The van der Waals surface area contributed by atoms with Crippen LogP contribution < -0.4 is 10.2 Å². The Labute approximate surface area is 86.9 Å². The van der Waals surface area contributed by atoms with Gasteiger partial charge >= 0.3 is 6.03 Å². The molecule has 1 N–H and O–H groups in total. The molecule has 1 aliphatic heterocycles. The van der Waals surface area contributed by atoms with Crippen LogP contribution in [0.25, 0.3) is 0 Å². The fourth-order valence-electron chi connectivity index (χ4n) is 1.65. The van der Waals surface area contributed by atoms with Crippen molar-refractivity contribution >= 4 is 17.6 Å². The molecule has 0 atom stereocenters. The molecular weight excluding hydrogens is 196 g/mol. The molecule has 1 saturated heterocycles. The molecule has 0 unspecified atom stereocenters. The number of aryl methyl sites for hydroxylation is 2. The summed E-state index contributed by atoms with van der Waals surface area (Å²) in [6.45, 7) is 2.25. The van der Waals surface area contributed by atoms with Gasteiger partial charge in [-0.25, -0.2) is 4.79 Å². The zero-order valence-corrected chi connectivity index (χ0v) is 8.65. The average Bonchev–Trinajstić information content (AvgIpc) is 2.45. The number of nitrogens with zero attached hydrogens (tertiary/aromatic N) is 3. The van der Waals surface area contributed by atoms with Gasteiger partial charge < -0.3 is 0 Å².